The molecule has 2 heterocycles. The molecule has 0 saturated carbocycles. The summed E-state index contributed by atoms with van der Waals surface area (Å²) in [6, 6.07) is 123. The van der Waals surface area contributed by atoms with Crippen molar-refractivity contribution in [3.63, 3.8) is 0 Å². The van der Waals surface area contributed by atoms with Crippen LogP contribution in [0.4, 0.5) is 0 Å². The van der Waals surface area contributed by atoms with Crippen LogP contribution in [-0.4, -0.2) is 9.13 Å². The van der Waals surface area contributed by atoms with Gasteiger partial charge in [-0.1, -0.05) is 276 Å². The second-order valence-corrected chi connectivity index (χ2v) is 25.6. The van der Waals surface area contributed by atoms with Crippen LogP contribution in [0.15, 0.2) is 334 Å². The van der Waals surface area contributed by atoms with Crippen LogP contribution < -0.4 is 0 Å². The van der Waals surface area contributed by atoms with Crippen molar-refractivity contribution >= 4 is 65.2 Å². The van der Waals surface area contributed by atoms with Gasteiger partial charge in [-0.3, -0.25) is 0 Å². The van der Waals surface area contributed by atoms with Gasteiger partial charge in [0.15, 0.2) is 0 Å². The summed E-state index contributed by atoms with van der Waals surface area (Å²) in [5.41, 5.74) is 27.7. The molecule has 2 heteroatoms. The number of rotatable bonds is 10. The van der Waals surface area contributed by atoms with E-state index in [1.54, 1.807) is 0 Å². The van der Waals surface area contributed by atoms with E-state index in [9.17, 15) is 0 Å². The van der Waals surface area contributed by atoms with Crippen molar-refractivity contribution in [2.24, 2.45) is 0 Å². The molecule has 0 radical (unpaired) electrons. The van der Waals surface area contributed by atoms with E-state index < -0.39 is 0 Å². The molecule has 17 rings (SSSR count). The van der Waals surface area contributed by atoms with Crippen LogP contribution in [0.3, 0.4) is 0 Å². The van der Waals surface area contributed by atoms with Crippen molar-refractivity contribution in [3.05, 3.63) is 339 Å². The van der Waals surface area contributed by atoms with Gasteiger partial charge < -0.3 is 9.13 Å². The number of para-hydroxylation sites is 2. The molecule has 0 unspecified atom stereocenters. The first-order chi connectivity index (χ1) is 45.2. The quantitative estimate of drug-likeness (QED) is 0.121. The molecule has 0 N–H and O–H groups in total. The Hall–Kier alpha value is -11.6. The number of nitrogens with zero attached hydrogens (tertiary/aromatic N) is 2. The third-order valence-electron chi connectivity index (χ3n) is 19.1. The molecule has 0 saturated heterocycles. The zero-order valence-corrected chi connectivity index (χ0v) is 51.6. The van der Waals surface area contributed by atoms with Gasteiger partial charge in [0.2, 0.25) is 0 Å². The molecule has 0 atom stereocenters. The number of benzene rings is 15. The standard InChI is InChI=1S/C90H64N2/c1-90(2,3)73-48-49-78-83(58-73)89(68-42-38-64(39-43-68)62-30-34-66(35-31-62)72-47-53-87-82(57-72)80-55-70(60-20-10-5-11-21-60)45-51-85(80)92(87)75-24-14-7-15-25-75)77-27-17-16-26-76(77)88(78)67-40-36-63(37-41-67)61-28-32-65(33-29-61)71-46-52-86-81(56-71)79-54-69(59-18-8-4-9-19-59)44-50-84(79)91(86)74-22-12-6-13-23-74/h4-58H,1-3H3. The lowest BCUT2D eigenvalue weighted by atomic mass is 9.81. The normalized spacial score (nSPS) is 11.9. The van der Waals surface area contributed by atoms with Crippen molar-refractivity contribution < 1.29 is 0 Å². The van der Waals surface area contributed by atoms with Crippen LogP contribution in [0.2, 0.25) is 0 Å². The van der Waals surface area contributed by atoms with Crippen LogP contribution >= 0.6 is 0 Å². The molecule has 0 bridgehead atoms. The predicted molar refractivity (Wildman–Crippen MR) is 392 cm³/mol. The second kappa shape index (κ2) is 22.2. The summed E-state index contributed by atoms with van der Waals surface area (Å²) in [4.78, 5) is 0. The van der Waals surface area contributed by atoms with Crippen LogP contribution in [0.5, 0.6) is 0 Å². The number of aromatic nitrogens is 2. The Balaban J connectivity index is 0.683. The maximum atomic E-state index is 2.46. The van der Waals surface area contributed by atoms with Crippen molar-refractivity contribution in [2.75, 3.05) is 0 Å². The predicted octanol–water partition coefficient (Wildman–Crippen LogP) is 24.8. The minimum Gasteiger partial charge on any atom is -0.309 e. The third-order valence-corrected chi connectivity index (χ3v) is 19.1. The zero-order valence-electron chi connectivity index (χ0n) is 51.6. The Morgan fingerprint density at radius 3 is 0.761 bits per heavy atom. The Labute approximate surface area is 536 Å². The van der Waals surface area contributed by atoms with Gasteiger partial charge in [-0.05, 0) is 200 Å². The molecule has 92 heavy (non-hydrogen) atoms. The SMILES string of the molecule is CC(C)(C)c1ccc2c(-c3ccc(-c4ccc(-c5ccc6c(c5)c5cc(-c7ccccc7)ccc5n6-c5ccccc5)cc4)cc3)c3ccccc3c(-c3ccc(-c4ccc(-c5ccc6c(c5)c5cc(-c7ccccc7)ccc5n6-c5ccccc5)cc4)cc3)c2c1. The van der Waals surface area contributed by atoms with Crippen LogP contribution in [-0.2, 0) is 5.41 Å². The lowest BCUT2D eigenvalue weighted by molar-refractivity contribution is 0.591. The highest BCUT2D eigenvalue weighted by Crippen LogP contribution is 2.47. The summed E-state index contributed by atoms with van der Waals surface area (Å²) in [5.74, 6) is 0. The number of hydrogen-bond donors (Lipinski definition) is 0. The van der Waals surface area contributed by atoms with Gasteiger partial charge >= 0.3 is 0 Å². The van der Waals surface area contributed by atoms with Crippen molar-refractivity contribution in [1.29, 1.82) is 0 Å². The first-order valence-electron chi connectivity index (χ1n) is 32.0. The topological polar surface area (TPSA) is 9.86 Å². The fourth-order valence-electron chi connectivity index (χ4n) is 14.4. The molecule has 2 aromatic heterocycles. The molecule has 0 amide bonds. The maximum absolute atomic E-state index is 2.46. The second-order valence-electron chi connectivity index (χ2n) is 25.6. The van der Waals surface area contributed by atoms with E-state index in [0.717, 1.165) is 11.4 Å². The molecule has 0 fully saturated rings. The van der Waals surface area contributed by atoms with E-state index in [0.29, 0.717) is 0 Å². The Kier molecular flexibility index (Phi) is 13.1. The van der Waals surface area contributed by atoms with E-state index >= 15 is 0 Å². The molecule has 0 aliphatic carbocycles. The zero-order chi connectivity index (χ0) is 61.4. The van der Waals surface area contributed by atoms with Crippen LogP contribution in [0.25, 0.3) is 166 Å². The van der Waals surface area contributed by atoms with Gasteiger partial charge in [-0.25, -0.2) is 0 Å². The van der Waals surface area contributed by atoms with E-state index in [1.807, 2.05) is 0 Å². The van der Waals surface area contributed by atoms with Gasteiger partial charge in [0, 0.05) is 32.9 Å². The molecule has 17 aromatic rings. The summed E-state index contributed by atoms with van der Waals surface area (Å²) in [7, 11) is 0. The highest BCUT2D eigenvalue weighted by atomic mass is 15.0. The Bertz CT molecular complexity index is 5640. The fourth-order valence-corrected chi connectivity index (χ4v) is 14.4. The molecule has 15 aromatic carbocycles. The van der Waals surface area contributed by atoms with Crippen molar-refractivity contribution in [2.45, 2.75) is 26.2 Å². The largest absolute Gasteiger partial charge is 0.309 e. The first-order valence-corrected chi connectivity index (χ1v) is 32.0. The van der Waals surface area contributed by atoms with Crippen LogP contribution in [0.1, 0.15) is 26.3 Å². The summed E-state index contributed by atoms with van der Waals surface area (Å²) in [6.45, 7) is 6.95. The number of fused-ring (bicyclic) bond motifs is 8. The summed E-state index contributed by atoms with van der Waals surface area (Å²) in [6.07, 6.45) is 0. The fraction of sp³-hybridized carbons (Fsp3) is 0.0444. The van der Waals surface area contributed by atoms with E-state index in [4.69, 9.17) is 0 Å². The smallest absolute Gasteiger partial charge is 0.0541 e. The Morgan fingerprint density at radius 2 is 0.435 bits per heavy atom. The third kappa shape index (κ3) is 9.50. The average Bonchev–Trinajstić information content (AvgIpc) is 1.27. The Morgan fingerprint density at radius 1 is 0.185 bits per heavy atom. The molecular formula is C90H64N2. The van der Waals surface area contributed by atoms with Gasteiger partial charge in [-0.15, -0.1) is 0 Å². The first kappa shape index (κ1) is 54.6. The number of hydrogen-bond acceptors (Lipinski definition) is 0. The minimum atomic E-state index is -0.0364. The maximum Gasteiger partial charge on any atom is 0.0541 e. The van der Waals surface area contributed by atoms with E-state index in [1.165, 1.54) is 160 Å². The van der Waals surface area contributed by atoms with Gasteiger partial charge in [0.1, 0.15) is 0 Å². The highest BCUT2D eigenvalue weighted by Gasteiger charge is 2.22. The average molecular weight is 1170 g/mol. The lowest BCUT2D eigenvalue weighted by Crippen LogP contribution is -2.10. The van der Waals surface area contributed by atoms with Crippen LogP contribution in [0, 0.1) is 0 Å². The molecule has 0 spiro atoms. The van der Waals surface area contributed by atoms with Gasteiger partial charge in [0.25, 0.3) is 0 Å². The van der Waals surface area contributed by atoms with E-state index in [2.05, 4.69) is 364 Å². The summed E-state index contributed by atoms with van der Waals surface area (Å²) in [5, 5.41) is 9.99. The highest BCUT2D eigenvalue weighted by molar-refractivity contribution is 6.22. The monoisotopic (exact) mass is 1170 g/mol. The molecular weight excluding hydrogens is 1110 g/mol. The molecule has 0 aliphatic rings. The van der Waals surface area contributed by atoms with Gasteiger partial charge in [-0.2, -0.15) is 0 Å². The molecule has 434 valence electrons. The summed E-state index contributed by atoms with van der Waals surface area (Å²) >= 11 is 0. The van der Waals surface area contributed by atoms with Gasteiger partial charge in [0.05, 0.1) is 22.1 Å². The molecule has 2 nitrogen and oxygen atoms in total. The summed E-state index contributed by atoms with van der Waals surface area (Å²) < 4.78 is 4.79. The van der Waals surface area contributed by atoms with Crippen molar-refractivity contribution in [3.8, 4) is 100 Å². The van der Waals surface area contributed by atoms with Crippen molar-refractivity contribution in [1.82, 2.24) is 9.13 Å². The lowest BCUT2D eigenvalue weighted by Gasteiger charge is -2.23. The molecule has 0 aliphatic heterocycles. The van der Waals surface area contributed by atoms with E-state index in [-0.39, 0.29) is 5.41 Å². The minimum absolute atomic E-state index is 0.0364.